The monoisotopic (exact) mass is 363 g/mol. The van der Waals surface area contributed by atoms with Crippen LogP contribution in [0.2, 0.25) is 0 Å². The van der Waals surface area contributed by atoms with E-state index in [0.717, 1.165) is 10.7 Å². The van der Waals surface area contributed by atoms with Crippen LogP contribution in [-0.2, 0) is 19.6 Å². The summed E-state index contributed by atoms with van der Waals surface area (Å²) in [7, 11) is -2.68. The number of rotatable bonds is 8. The van der Waals surface area contributed by atoms with Crippen LogP contribution in [-0.4, -0.2) is 34.6 Å². The first-order valence-electron chi connectivity index (χ1n) is 7.86. The predicted octanol–water partition coefficient (Wildman–Crippen LogP) is 2.84. The van der Waals surface area contributed by atoms with Gasteiger partial charge in [-0.15, -0.1) is 0 Å². The first-order valence-corrected chi connectivity index (χ1v) is 9.30. The molecule has 6 nitrogen and oxygen atoms in total. The van der Waals surface area contributed by atoms with Crippen molar-refractivity contribution in [2.45, 2.75) is 18.2 Å². The minimum atomic E-state index is -3.90. The second kappa shape index (κ2) is 8.53. The Morgan fingerprint density at radius 3 is 2.24 bits per heavy atom. The van der Waals surface area contributed by atoms with Gasteiger partial charge in [0, 0.05) is 0 Å². The Labute approximate surface area is 148 Å². The molecule has 25 heavy (non-hydrogen) atoms. The quantitative estimate of drug-likeness (QED) is 0.674. The maximum Gasteiger partial charge on any atom is 0.326 e. The smallest absolute Gasteiger partial charge is 0.326 e. The number of hydrogen-bond acceptors (Lipinski definition) is 5. The summed E-state index contributed by atoms with van der Waals surface area (Å²) in [5.74, 6) is -0.00783. The van der Waals surface area contributed by atoms with E-state index in [1.165, 1.54) is 19.2 Å². The van der Waals surface area contributed by atoms with E-state index >= 15 is 0 Å². The highest BCUT2D eigenvalue weighted by molar-refractivity contribution is 7.92. The number of esters is 1. The lowest BCUT2D eigenvalue weighted by Gasteiger charge is -2.23. The lowest BCUT2D eigenvalue weighted by atomic mass is 10.3. The Bertz CT molecular complexity index is 788. The van der Waals surface area contributed by atoms with E-state index in [2.05, 4.69) is 4.74 Å². The SMILES string of the molecule is CCCOc1ccc(N(CC(=O)OC)S(=O)(=O)c2ccccc2)cc1. The van der Waals surface area contributed by atoms with Gasteiger partial charge in [0.1, 0.15) is 12.3 Å². The van der Waals surface area contributed by atoms with Gasteiger partial charge in [-0.2, -0.15) is 0 Å². The van der Waals surface area contributed by atoms with Gasteiger partial charge >= 0.3 is 5.97 Å². The summed E-state index contributed by atoms with van der Waals surface area (Å²) >= 11 is 0. The summed E-state index contributed by atoms with van der Waals surface area (Å²) in [5.41, 5.74) is 0.359. The molecule has 7 heteroatoms. The molecule has 0 spiro atoms. The van der Waals surface area contributed by atoms with Crippen LogP contribution in [0.3, 0.4) is 0 Å². The molecule has 0 N–H and O–H groups in total. The average Bonchev–Trinajstić information content (AvgIpc) is 2.65. The molecule has 0 radical (unpaired) electrons. The van der Waals surface area contributed by atoms with Crippen LogP contribution < -0.4 is 9.04 Å². The van der Waals surface area contributed by atoms with E-state index in [-0.39, 0.29) is 4.90 Å². The lowest BCUT2D eigenvalue weighted by molar-refractivity contribution is -0.138. The van der Waals surface area contributed by atoms with Crippen molar-refractivity contribution >= 4 is 21.7 Å². The van der Waals surface area contributed by atoms with Gasteiger partial charge in [0.2, 0.25) is 0 Å². The average molecular weight is 363 g/mol. The maximum absolute atomic E-state index is 12.9. The number of carbonyl (C=O) groups excluding carboxylic acids is 1. The third kappa shape index (κ3) is 4.73. The lowest BCUT2D eigenvalue weighted by Crippen LogP contribution is -2.36. The van der Waals surface area contributed by atoms with Crippen molar-refractivity contribution < 1.29 is 22.7 Å². The zero-order chi connectivity index (χ0) is 18.3. The fraction of sp³-hybridized carbons (Fsp3) is 0.278. The van der Waals surface area contributed by atoms with Gasteiger partial charge in [0.05, 0.1) is 24.3 Å². The molecule has 0 bridgehead atoms. The molecule has 2 aromatic rings. The zero-order valence-electron chi connectivity index (χ0n) is 14.2. The molecule has 2 rings (SSSR count). The fourth-order valence-electron chi connectivity index (χ4n) is 2.15. The van der Waals surface area contributed by atoms with Crippen LogP contribution in [0, 0.1) is 0 Å². The van der Waals surface area contributed by atoms with E-state index in [0.29, 0.717) is 18.0 Å². The summed E-state index contributed by atoms with van der Waals surface area (Å²) in [4.78, 5) is 11.8. The van der Waals surface area contributed by atoms with Crippen molar-refractivity contribution in [3.63, 3.8) is 0 Å². The van der Waals surface area contributed by atoms with E-state index in [1.807, 2.05) is 6.92 Å². The normalized spacial score (nSPS) is 11.0. The molecule has 0 heterocycles. The summed E-state index contributed by atoms with van der Waals surface area (Å²) < 4.78 is 37.0. The van der Waals surface area contributed by atoms with E-state index in [1.54, 1.807) is 42.5 Å². The zero-order valence-corrected chi connectivity index (χ0v) is 15.0. The molecule has 0 amide bonds. The molecule has 0 unspecified atom stereocenters. The molecular weight excluding hydrogens is 342 g/mol. The Kier molecular flexibility index (Phi) is 6.41. The van der Waals surface area contributed by atoms with Crippen molar-refractivity contribution in [2.24, 2.45) is 0 Å². The Morgan fingerprint density at radius 1 is 1.04 bits per heavy atom. The first kappa shape index (κ1) is 18.8. The van der Waals surface area contributed by atoms with Crippen LogP contribution in [0.25, 0.3) is 0 Å². The Balaban J connectivity index is 2.37. The fourth-order valence-corrected chi connectivity index (χ4v) is 3.58. The van der Waals surface area contributed by atoms with E-state index in [9.17, 15) is 13.2 Å². The highest BCUT2D eigenvalue weighted by Gasteiger charge is 2.27. The van der Waals surface area contributed by atoms with Gasteiger partial charge in [-0.1, -0.05) is 25.1 Å². The van der Waals surface area contributed by atoms with E-state index < -0.39 is 22.5 Å². The second-order valence-corrected chi connectivity index (χ2v) is 7.11. The molecule has 134 valence electrons. The van der Waals surface area contributed by atoms with Gasteiger partial charge in [-0.3, -0.25) is 9.10 Å². The van der Waals surface area contributed by atoms with Gasteiger partial charge in [0.25, 0.3) is 10.0 Å². The maximum atomic E-state index is 12.9. The van der Waals surface area contributed by atoms with Crippen LogP contribution in [0.1, 0.15) is 13.3 Å². The molecule has 0 aliphatic rings. The minimum Gasteiger partial charge on any atom is -0.494 e. The Morgan fingerprint density at radius 2 is 1.68 bits per heavy atom. The molecule has 2 aromatic carbocycles. The first-order chi connectivity index (χ1) is 12.0. The van der Waals surface area contributed by atoms with Crippen LogP contribution in [0.15, 0.2) is 59.5 Å². The number of ether oxygens (including phenoxy) is 2. The summed E-state index contributed by atoms with van der Waals surface area (Å²) in [5, 5.41) is 0. The molecule has 0 fully saturated rings. The summed E-state index contributed by atoms with van der Waals surface area (Å²) in [6, 6.07) is 14.5. The molecular formula is C18H21NO5S. The highest BCUT2D eigenvalue weighted by Crippen LogP contribution is 2.25. The van der Waals surface area contributed by atoms with Gasteiger partial charge in [-0.25, -0.2) is 8.42 Å². The number of benzene rings is 2. The number of carbonyl (C=O) groups is 1. The third-order valence-corrected chi connectivity index (χ3v) is 5.22. The van der Waals surface area contributed by atoms with Crippen LogP contribution in [0.4, 0.5) is 5.69 Å². The third-order valence-electron chi connectivity index (χ3n) is 3.43. The minimum absolute atomic E-state index is 0.102. The largest absolute Gasteiger partial charge is 0.494 e. The number of hydrogen-bond donors (Lipinski definition) is 0. The van der Waals surface area contributed by atoms with Gasteiger partial charge in [0.15, 0.2) is 0 Å². The molecule has 0 saturated carbocycles. The summed E-state index contributed by atoms with van der Waals surface area (Å²) in [6.07, 6.45) is 0.874. The number of nitrogens with zero attached hydrogens (tertiary/aromatic N) is 1. The van der Waals surface area contributed by atoms with Gasteiger partial charge in [-0.05, 0) is 42.8 Å². The molecule has 0 aliphatic heterocycles. The van der Waals surface area contributed by atoms with Crippen molar-refractivity contribution in [2.75, 3.05) is 24.6 Å². The summed E-state index contributed by atoms with van der Waals surface area (Å²) in [6.45, 7) is 2.16. The van der Waals surface area contributed by atoms with Crippen LogP contribution in [0.5, 0.6) is 5.75 Å². The number of anilines is 1. The topological polar surface area (TPSA) is 72.9 Å². The number of methoxy groups -OCH3 is 1. The predicted molar refractivity (Wildman–Crippen MR) is 95.2 cm³/mol. The van der Waals surface area contributed by atoms with Crippen molar-refractivity contribution in [1.82, 2.24) is 0 Å². The number of sulfonamides is 1. The second-order valence-electron chi connectivity index (χ2n) is 5.24. The molecule has 0 aliphatic carbocycles. The standard InChI is InChI=1S/C18H21NO5S/c1-3-13-24-16-11-9-15(10-12-16)19(14-18(20)23-2)25(21,22)17-7-5-4-6-8-17/h4-12H,3,13-14H2,1-2H3. The molecule has 0 saturated heterocycles. The molecule has 0 aromatic heterocycles. The van der Waals surface area contributed by atoms with Crippen molar-refractivity contribution in [1.29, 1.82) is 0 Å². The Hall–Kier alpha value is -2.54. The van der Waals surface area contributed by atoms with Crippen molar-refractivity contribution in [3.8, 4) is 5.75 Å². The van der Waals surface area contributed by atoms with E-state index in [4.69, 9.17) is 4.74 Å². The molecule has 0 atom stereocenters. The van der Waals surface area contributed by atoms with Crippen molar-refractivity contribution in [3.05, 3.63) is 54.6 Å². The highest BCUT2D eigenvalue weighted by atomic mass is 32.2. The van der Waals surface area contributed by atoms with Crippen LogP contribution >= 0.6 is 0 Å². The van der Waals surface area contributed by atoms with Gasteiger partial charge < -0.3 is 9.47 Å².